The molecule has 8 nitrogen and oxygen atoms in total. The number of benzene rings is 2. The van der Waals surface area contributed by atoms with Crippen molar-refractivity contribution >= 4 is 56.2 Å². The van der Waals surface area contributed by atoms with Crippen molar-refractivity contribution in [1.29, 1.82) is 0 Å². The Morgan fingerprint density at radius 2 is 1.91 bits per heavy atom. The van der Waals surface area contributed by atoms with Crippen LogP contribution in [0.3, 0.4) is 0 Å². The van der Waals surface area contributed by atoms with Crippen LogP contribution in [0.2, 0.25) is 5.02 Å². The summed E-state index contributed by atoms with van der Waals surface area (Å²) >= 11 is 7.34. The second kappa shape index (κ2) is 9.50. The zero-order valence-corrected chi connectivity index (χ0v) is 19.8. The summed E-state index contributed by atoms with van der Waals surface area (Å²) in [6, 6.07) is 11.5. The van der Waals surface area contributed by atoms with E-state index < -0.39 is 15.9 Å². The first kappa shape index (κ1) is 23.2. The van der Waals surface area contributed by atoms with Gasteiger partial charge < -0.3 is 11.1 Å². The third-order valence-corrected chi connectivity index (χ3v) is 8.19. The Balaban J connectivity index is 1.43. The van der Waals surface area contributed by atoms with E-state index in [0.717, 1.165) is 6.42 Å². The lowest BCUT2D eigenvalue weighted by Gasteiger charge is -2.28. The van der Waals surface area contributed by atoms with Gasteiger partial charge in [0, 0.05) is 33.8 Å². The predicted molar refractivity (Wildman–Crippen MR) is 130 cm³/mol. The summed E-state index contributed by atoms with van der Waals surface area (Å²) in [6.07, 6.45) is 1.53. The summed E-state index contributed by atoms with van der Waals surface area (Å²) in [4.78, 5) is 28.7. The van der Waals surface area contributed by atoms with Gasteiger partial charge >= 0.3 is 0 Å². The molecule has 1 aliphatic rings. The van der Waals surface area contributed by atoms with E-state index in [4.69, 9.17) is 17.3 Å². The molecule has 1 fully saturated rings. The topological polar surface area (TPSA) is 122 Å². The Labute approximate surface area is 200 Å². The number of halogens is 1. The number of nitrogens with two attached hydrogens (primary N) is 1. The molecular formula is C22H21ClN4O4S2. The fourth-order valence-corrected chi connectivity index (χ4v) is 6.24. The van der Waals surface area contributed by atoms with Crippen LogP contribution in [0.15, 0.2) is 47.8 Å². The molecule has 3 N–H and O–H groups in total. The molecule has 4 rings (SSSR count). The number of sulfonamides is 1. The molecule has 1 aliphatic heterocycles. The molecule has 2 heterocycles. The number of hydrogen-bond donors (Lipinski definition) is 2. The van der Waals surface area contributed by atoms with Gasteiger partial charge in [0.15, 0.2) is 0 Å². The molecule has 2 amide bonds. The summed E-state index contributed by atoms with van der Waals surface area (Å²) in [6.45, 7) is 0.463. The molecule has 2 aromatic carbocycles. The van der Waals surface area contributed by atoms with E-state index in [-0.39, 0.29) is 18.1 Å². The van der Waals surface area contributed by atoms with Gasteiger partial charge in [0.2, 0.25) is 21.8 Å². The lowest BCUT2D eigenvalue weighted by atomic mass is 10.1. The van der Waals surface area contributed by atoms with E-state index in [1.54, 1.807) is 47.8 Å². The molecule has 0 atom stereocenters. The van der Waals surface area contributed by atoms with Crippen LogP contribution in [0, 0.1) is 0 Å². The maximum Gasteiger partial charge on any atom is 0.249 e. The molecular weight excluding hydrogens is 484 g/mol. The van der Waals surface area contributed by atoms with Crippen LogP contribution in [0.5, 0.6) is 0 Å². The molecule has 0 unspecified atom stereocenters. The van der Waals surface area contributed by atoms with Crippen molar-refractivity contribution in [2.75, 3.05) is 21.9 Å². The number of anilines is 2. The van der Waals surface area contributed by atoms with Gasteiger partial charge in [-0.25, -0.2) is 13.4 Å². The zero-order chi connectivity index (χ0) is 23.6. The van der Waals surface area contributed by atoms with Gasteiger partial charge in [0.25, 0.3) is 0 Å². The van der Waals surface area contributed by atoms with Gasteiger partial charge in [-0.2, -0.15) is 0 Å². The number of primary amides is 1. The van der Waals surface area contributed by atoms with Gasteiger partial charge in [0.05, 0.1) is 23.6 Å². The summed E-state index contributed by atoms with van der Waals surface area (Å²) in [5.41, 5.74) is 7.95. The van der Waals surface area contributed by atoms with E-state index in [1.807, 2.05) is 0 Å². The van der Waals surface area contributed by atoms with Gasteiger partial charge in [-0.15, -0.1) is 11.3 Å². The maximum absolute atomic E-state index is 12.5. The first-order valence-corrected chi connectivity index (χ1v) is 13.0. The molecule has 0 spiro atoms. The molecule has 11 heteroatoms. The number of hydrogen-bond acceptors (Lipinski definition) is 6. The van der Waals surface area contributed by atoms with E-state index >= 15 is 0 Å². The minimum Gasteiger partial charge on any atom is -0.366 e. The van der Waals surface area contributed by atoms with E-state index in [2.05, 4.69) is 10.3 Å². The number of aromatic nitrogens is 1. The Kier molecular flexibility index (Phi) is 6.68. The van der Waals surface area contributed by atoms with Crippen molar-refractivity contribution in [3.8, 4) is 10.6 Å². The van der Waals surface area contributed by atoms with E-state index in [9.17, 15) is 18.0 Å². The largest absolute Gasteiger partial charge is 0.366 e. The third-order valence-electron chi connectivity index (χ3n) is 5.16. The van der Waals surface area contributed by atoms with Crippen LogP contribution in [-0.2, 0) is 21.2 Å². The van der Waals surface area contributed by atoms with Crippen molar-refractivity contribution in [2.45, 2.75) is 19.3 Å². The molecule has 0 saturated carbocycles. The number of amides is 2. The smallest absolute Gasteiger partial charge is 0.249 e. The lowest BCUT2D eigenvalue weighted by molar-refractivity contribution is -0.115. The minimum atomic E-state index is -3.28. The molecule has 1 aromatic heterocycles. The summed E-state index contributed by atoms with van der Waals surface area (Å²) in [5, 5.41) is 5.52. The number of rotatable bonds is 6. The lowest BCUT2D eigenvalue weighted by Crippen LogP contribution is -2.37. The van der Waals surface area contributed by atoms with Crippen molar-refractivity contribution < 1.29 is 18.0 Å². The fourth-order valence-electron chi connectivity index (χ4n) is 3.58. The van der Waals surface area contributed by atoms with Crippen molar-refractivity contribution in [3.05, 3.63) is 64.1 Å². The Morgan fingerprint density at radius 1 is 1.15 bits per heavy atom. The molecule has 0 aliphatic carbocycles. The standard InChI is InChI=1S/C22H21ClN4O4S2/c23-14-3-8-18(21(24)29)19(11-14)22-26-16(13-32-22)12-20(28)25-15-4-6-17(7-5-15)27-9-1-2-10-33(27,30)31/h3-8,11,13H,1-2,9-10,12H2,(H2,24,29)(H,25,28). The van der Waals surface area contributed by atoms with Crippen LogP contribution in [0.25, 0.3) is 10.6 Å². The van der Waals surface area contributed by atoms with E-state index in [0.29, 0.717) is 51.2 Å². The van der Waals surface area contributed by atoms with Gasteiger partial charge in [0.1, 0.15) is 5.01 Å². The van der Waals surface area contributed by atoms with Crippen LogP contribution in [-0.4, -0.2) is 37.5 Å². The molecule has 33 heavy (non-hydrogen) atoms. The number of carbonyl (C=O) groups excluding carboxylic acids is 2. The summed E-state index contributed by atoms with van der Waals surface area (Å²) < 4.78 is 25.9. The quantitative estimate of drug-likeness (QED) is 0.530. The number of carbonyl (C=O) groups is 2. The SMILES string of the molecule is NC(=O)c1ccc(Cl)cc1-c1nc(CC(=O)Nc2ccc(N3CCCCS3(=O)=O)cc2)cs1. The average molecular weight is 505 g/mol. The first-order valence-electron chi connectivity index (χ1n) is 10.2. The van der Waals surface area contributed by atoms with Crippen LogP contribution < -0.4 is 15.4 Å². The van der Waals surface area contributed by atoms with Crippen molar-refractivity contribution in [2.24, 2.45) is 5.73 Å². The van der Waals surface area contributed by atoms with Gasteiger partial charge in [-0.05, 0) is 55.3 Å². The highest BCUT2D eigenvalue weighted by Gasteiger charge is 2.25. The zero-order valence-electron chi connectivity index (χ0n) is 17.5. The number of nitrogens with zero attached hydrogens (tertiary/aromatic N) is 2. The summed E-state index contributed by atoms with van der Waals surface area (Å²) in [7, 11) is -3.28. The average Bonchev–Trinajstić information content (AvgIpc) is 3.22. The second-order valence-electron chi connectivity index (χ2n) is 7.57. The van der Waals surface area contributed by atoms with Crippen LogP contribution in [0.4, 0.5) is 11.4 Å². The molecule has 0 radical (unpaired) electrons. The Hall–Kier alpha value is -2.95. The highest BCUT2D eigenvalue weighted by atomic mass is 35.5. The molecule has 0 bridgehead atoms. The number of nitrogens with one attached hydrogen (secondary N) is 1. The molecule has 1 saturated heterocycles. The Morgan fingerprint density at radius 3 is 2.61 bits per heavy atom. The monoisotopic (exact) mass is 504 g/mol. The number of thiazole rings is 1. The Bertz CT molecular complexity index is 1310. The minimum absolute atomic E-state index is 0.0330. The highest BCUT2D eigenvalue weighted by molar-refractivity contribution is 7.92. The van der Waals surface area contributed by atoms with Crippen molar-refractivity contribution in [3.63, 3.8) is 0 Å². The fraction of sp³-hybridized carbons (Fsp3) is 0.227. The highest BCUT2D eigenvalue weighted by Crippen LogP contribution is 2.30. The van der Waals surface area contributed by atoms with Crippen LogP contribution in [0.1, 0.15) is 28.9 Å². The first-order chi connectivity index (χ1) is 15.7. The normalized spacial score (nSPS) is 15.2. The summed E-state index contributed by atoms with van der Waals surface area (Å²) in [5.74, 6) is -0.708. The van der Waals surface area contributed by atoms with Gasteiger partial charge in [-0.1, -0.05) is 11.6 Å². The van der Waals surface area contributed by atoms with E-state index in [1.165, 1.54) is 15.6 Å². The third kappa shape index (κ3) is 5.35. The maximum atomic E-state index is 12.5. The van der Waals surface area contributed by atoms with Crippen molar-refractivity contribution in [1.82, 2.24) is 4.98 Å². The second-order valence-corrected chi connectivity index (χ2v) is 10.9. The molecule has 172 valence electrons. The predicted octanol–water partition coefficient (Wildman–Crippen LogP) is 3.67. The van der Waals surface area contributed by atoms with Crippen LogP contribution >= 0.6 is 22.9 Å². The molecule has 3 aromatic rings. The van der Waals surface area contributed by atoms with Gasteiger partial charge in [-0.3, -0.25) is 13.9 Å².